The van der Waals surface area contributed by atoms with Crippen LogP contribution in [0.2, 0.25) is 5.02 Å². The first-order chi connectivity index (χ1) is 14.6. The highest BCUT2D eigenvalue weighted by molar-refractivity contribution is 6.30. The van der Waals surface area contributed by atoms with Crippen molar-refractivity contribution in [2.75, 3.05) is 26.2 Å². The van der Waals surface area contributed by atoms with Gasteiger partial charge >= 0.3 is 0 Å². The Morgan fingerprint density at radius 2 is 1.77 bits per heavy atom. The van der Waals surface area contributed by atoms with Gasteiger partial charge in [0.25, 0.3) is 5.91 Å². The minimum atomic E-state index is -0.110. The van der Waals surface area contributed by atoms with Gasteiger partial charge in [-0.3, -0.25) is 9.69 Å². The molecule has 0 atom stereocenters. The molecular formula is C23H24ClN3O3. The van der Waals surface area contributed by atoms with Gasteiger partial charge in [0.05, 0.1) is 5.56 Å². The lowest BCUT2D eigenvalue weighted by Crippen LogP contribution is -2.48. The van der Waals surface area contributed by atoms with Crippen LogP contribution in [-0.4, -0.2) is 47.0 Å². The summed E-state index contributed by atoms with van der Waals surface area (Å²) in [5.74, 6) is 1.16. The topological polar surface area (TPSA) is 58.8 Å². The maximum absolute atomic E-state index is 13.1. The van der Waals surface area contributed by atoms with E-state index in [0.717, 1.165) is 19.6 Å². The number of benzene rings is 2. The molecule has 0 N–H and O–H groups in total. The minimum absolute atomic E-state index is 0.110. The van der Waals surface area contributed by atoms with Crippen LogP contribution in [0.25, 0.3) is 0 Å². The van der Waals surface area contributed by atoms with Crippen LogP contribution in [0.1, 0.15) is 27.4 Å². The third-order valence-corrected chi connectivity index (χ3v) is 5.54. The van der Waals surface area contributed by atoms with Gasteiger partial charge in [0, 0.05) is 37.7 Å². The number of nitrogens with zero attached hydrogens (tertiary/aromatic N) is 3. The number of ether oxygens (including phenoxy) is 1. The van der Waals surface area contributed by atoms with Gasteiger partial charge in [-0.1, -0.05) is 47.1 Å². The Bertz CT molecular complexity index is 981. The summed E-state index contributed by atoms with van der Waals surface area (Å²) in [5.41, 5.74) is 2.30. The molecule has 0 radical (unpaired) electrons. The van der Waals surface area contributed by atoms with Gasteiger partial charge in [0.15, 0.2) is 5.69 Å². The first-order valence-corrected chi connectivity index (χ1v) is 10.4. The van der Waals surface area contributed by atoms with E-state index >= 15 is 0 Å². The molecule has 0 aliphatic carbocycles. The SMILES string of the molecule is Cc1onc(C(=O)N2CCN(Cc3ccccc3)CC2)c1COc1ccc(Cl)cc1. The van der Waals surface area contributed by atoms with Gasteiger partial charge in [0.1, 0.15) is 18.1 Å². The average Bonchev–Trinajstić information content (AvgIpc) is 3.14. The van der Waals surface area contributed by atoms with Crippen molar-refractivity contribution in [1.82, 2.24) is 15.0 Å². The smallest absolute Gasteiger partial charge is 0.276 e. The molecule has 1 fully saturated rings. The minimum Gasteiger partial charge on any atom is -0.489 e. The molecule has 7 heteroatoms. The monoisotopic (exact) mass is 425 g/mol. The van der Waals surface area contributed by atoms with Crippen molar-refractivity contribution in [3.8, 4) is 5.75 Å². The second-order valence-corrected chi connectivity index (χ2v) is 7.80. The van der Waals surface area contributed by atoms with E-state index in [1.165, 1.54) is 5.56 Å². The largest absolute Gasteiger partial charge is 0.489 e. The molecule has 3 aromatic rings. The predicted octanol–water partition coefficient (Wildman–Crippen LogP) is 4.17. The lowest BCUT2D eigenvalue weighted by Gasteiger charge is -2.34. The number of aromatic nitrogens is 1. The molecule has 2 heterocycles. The van der Waals surface area contributed by atoms with Gasteiger partial charge in [-0.2, -0.15) is 0 Å². The van der Waals surface area contributed by atoms with Crippen molar-refractivity contribution >= 4 is 17.5 Å². The van der Waals surface area contributed by atoms with Crippen LogP contribution in [0, 0.1) is 6.92 Å². The molecule has 1 amide bonds. The van der Waals surface area contributed by atoms with E-state index < -0.39 is 0 Å². The van der Waals surface area contributed by atoms with Crippen molar-refractivity contribution in [3.05, 3.63) is 82.2 Å². The zero-order chi connectivity index (χ0) is 20.9. The molecule has 1 aliphatic heterocycles. The van der Waals surface area contributed by atoms with E-state index in [2.05, 4.69) is 34.3 Å². The fourth-order valence-electron chi connectivity index (χ4n) is 3.52. The molecule has 30 heavy (non-hydrogen) atoms. The third-order valence-electron chi connectivity index (χ3n) is 5.29. The Labute approximate surface area is 181 Å². The number of rotatable bonds is 6. The number of aryl methyl sites for hydroxylation is 1. The van der Waals surface area contributed by atoms with E-state index in [-0.39, 0.29) is 12.5 Å². The lowest BCUT2D eigenvalue weighted by molar-refractivity contribution is 0.0616. The van der Waals surface area contributed by atoms with Crippen LogP contribution in [0.15, 0.2) is 59.1 Å². The second kappa shape index (κ2) is 9.32. The van der Waals surface area contributed by atoms with Crippen LogP contribution in [-0.2, 0) is 13.2 Å². The summed E-state index contributed by atoms with van der Waals surface area (Å²) >= 11 is 5.91. The maximum atomic E-state index is 13.1. The lowest BCUT2D eigenvalue weighted by atomic mass is 10.1. The number of halogens is 1. The highest BCUT2D eigenvalue weighted by atomic mass is 35.5. The Morgan fingerprint density at radius 1 is 1.07 bits per heavy atom. The molecule has 0 unspecified atom stereocenters. The Hall–Kier alpha value is -2.83. The summed E-state index contributed by atoms with van der Waals surface area (Å²) in [7, 11) is 0. The van der Waals surface area contributed by atoms with Crippen LogP contribution >= 0.6 is 11.6 Å². The molecule has 1 aliphatic rings. The molecule has 2 aromatic carbocycles. The highest BCUT2D eigenvalue weighted by Crippen LogP contribution is 2.21. The van der Waals surface area contributed by atoms with Gasteiger partial charge in [0.2, 0.25) is 0 Å². The van der Waals surface area contributed by atoms with Crippen LogP contribution < -0.4 is 4.74 Å². The van der Waals surface area contributed by atoms with Gasteiger partial charge in [-0.25, -0.2) is 0 Å². The molecule has 0 spiro atoms. The van der Waals surface area contributed by atoms with Crippen molar-refractivity contribution in [2.24, 2.45) is 0 Å². The van der Waals surface area contributed by atoms with Crippen LogP contribution in [0.5, 0.6) is 5.75 Å². The summed E-state index contributed by atoms with van der Waals surface area (Å²) in [6.07, 6.45) is 0. The van der Waals surface area contributed by atoms with E-state index in [4.69, 9.17) is 20.9 Å². The van der Waals surface area contributed by atoms with Crippen molar-refractivity contribution in [2.45, 2.75) is 20.1 Å². The maximum Gasteiger partial charge on any atom is 0.276 e. The third kappa shape index (κ3) is 4.83. The van der Waals surface area contributed by atoms with E-state index in [1.54, 1.807) is 31.2 Å². The molecule has 1 saturated heterocycles. The first kappa shape index (κ1) is 20.4. The fourth-order valence-corrected chi connectivity index (χ4v) is 3.64. The van der Waals surface area contributed by atoms with Crippen LogP contribution in [0.3, 0.4) is 0 Å². The number of carbonyl (C=O) groups excluding carboxylic acids is 1. The van der Waals surface area contributed by atoms with Gasteiger partial charge in [-0.15, -0.1) is 0 Å². The van der Waals surface area contributed by atoms with E-state index in [1.807, 2.05) is 11.0 Å². The van der Waals surface area contributed by atoms with Crippen molar-refractivity contribution in [1.29, 1.82) is 0 Å². The molecule has 0 saturated carbocycles. The fraction of sp³-hybridized carbons (Fsp3) is 0.304. The highest BCUT2D eigenvalue weighted by Gasteiger charge is 2.28. The quantitative estimate of drug-likeness (QED) is 0.593. The molecule has 1 aromatic heterocycles. The van der Waals surface area contributed by atoms with Gasteiger partial charge in [-0.05, 0) is 36.8 Å². The molecule has 4 rings (SSSR count). The Morgan fingerprint density at radius 3 is 2.47 bits per heavy atom. The van der Waals surface area contributed by atoms with E-state index in [0.29, 0.717) is 40.9 Å². The molecule has 0 bridgehead atoms. The molecular weight excluding hydrogens is 402 g/mol. The Balaban J connectivity index is 1.36. The number of amides is 1. The predicted molar refractivity (Wildman–Crippen MR) is 115 cm³/mol. The van der Waals surface area contributed by atoms with Crippen molar-refractivity contribution in [3.63, 3.8) is 0 Å². The number of hydrogen-bond donors (Lipinski definition) is 0. The summed E-state index contributed by atoms with van der Waals surface area (Å²) in [5, 5.41) is 4.67. The van der Waals surface area contributed by atoms with E-state index in [9.17, 15) is 4.79 Å². The van der Waals surface area contributed by atoms with Crippen LogP contribution in [0.4, 0.5) is 0 Å². The van der Waals surface area contributed by atoms with Crippen molar-refractivity contribution < 1.29 is 14.1 Å². The molecule has 6 nitrogen and oxygen atoms in total. The Kier molecular flexibility index (Phi) is 6.35. The normalized spacial score (nSPS) is 14.7. The first-order valence-electron chi connectivity index (χ1n) is 9.99. The molecule has 156 valence electrons. The summed E-state index contributed by atoms with van der Waals surface area (Å²) in [6.45, 7) is 5.88. The summed E-state index contributed by atoms with van der Waals surface area (Å²) < 4.78 is 11.1. The average molecular weight is 426 g/mol. The number of carbonyl (C=O) groups is 1. The summed E-state index contributed by atoms with van der Waals surface area (Å²) in [4.78, 5) is 17.3. The number of hydrogen-bond acceptors (Lipinski definition) is 5. The number of piperazine rings is 1. The standard InChI is InChI=1S/C23H24ClN3O3/c1-17-21(16-29-20-9-7-19(24)8-10-20)22(25-30-17)23(28)27-13-11-26(12-14-27)15-18-5-3-2-4-6-18/h2-10H,11-16H2,1H3. The summed E-state index contributed by atoms with van der Waals surface area (Å²) in [6, 6.07) is 17.5. The second-order valence-electron chi connectivity index (χ2n) is 7.36. The zero-order valence-corrected chi connectivity index (χ0v) is 17.6. The van der Waals surface area contributed by atoms with Gasteiger partial charge < -0.3 is 14.2 Å². The zero-order valence-electron chi connectivity index (χ0n) is 16.9.